The molecule has 2 aromatic carbocycles. The number of benzene rings is 2. The molecule has 0 aliphatic carbocycles. The third kappa shape index (κ3) is 3.74. The van der Waals surface area contributed by atoms with Crippen molar-refractivity contribution >= 4 is 21.9 Å². The molecule has 0 unspecified atom stereocenters. The summed E-state index contributed by atoms with van der Waals surface area (Å²) in [7, 11) is 0. The Hall–Kier alpha value is -2.44. The Labute approximate surface area is 178 Å². The van der Waals surface area contributed by atoms with Gasteiger partial charge in [0.25, 0.3) is 5.56 Å². The van der Waals surface area contributed by atoms with E-state index in [1.54, 1.807) is 0 Å². The predicted molar refractivity (Wildman–Crippen MR) is 118 cm³/mol. The molecule has 0 amide bonds. The fourth-order valence-electron chi connectivity index (χ4n) is 4.42. The lowest BCUT2D eigenvalue weighted by Crippen LogP contribution is -2.37. The number of fused-ring (bicyclic) bond motifs is 3. The molecule has 0 saturated heterocycles. The van der Waals surface area contributed by atoms with Crippen molar-refractivity contribution in [2.24, 2.45) is 0 Å². The molecule has 2 aliphatic rings. The number of hydrogen-bond donors (Lipinski definition) is 0. The molecule has 6 heteroatoms. The highest BCUT2D eigenvalue weighted by atomic mass is 79.9. The zero-order valence-electron chi connectivity index (χ0n) is 16.2. The van der Waals surface area contributed by atoms with E-state index in [-0.39, 0.29) is 5.56 Å². The van der Waals surface area contributed by atoms with Gasteiger partial charge in [0, 0.05) is 55.9 Å². The van der Waals surface area contributed by atoms with Crippen molar-refractivity contribution in [1.82, 2.24) is 14.5 Å². The van der Waals surface area contributed by atoms with E-state index in [4.69, 9.17) is 0 Å². The molecule has 0 fully saturated rings. The van der Waals surface area contributed by atoms with Crippen molar-refractivity contribution in [3.63, 3.8) is 0 Å². The minimum absolute atomic E-state index is 0.0647. The van der Waals surface area contributed by atoms with Crippen molar-refractivity contribution in [2.75, 3.05) is 18.0 Å². The number of rotatable bonds is 4. The summed E-state index contributed by atoms with van der Waals surface area (Å²) in [5.41, 5.74) is 4.49. The van der Waals surface area contributed by atoms with Crippen molar-refractivity contribution in [3.8, 4) is 0 Å². The Balaban J connectivity index is 1.39. The number of aromatic nitrogens is 2. The molecule has 5 rings (SSSR count). The van der Waals surface area contributed by atoms with E-state index < -0.39 is 0 Å². The van der Waals surface area contributed by atoms with E-state index in [0.29, 0.717) is 6.54 Å². The van der Waals surface area contributed by atoms with Crippen molar-refractivity contribution < 1.29 is 0 Å². The van der Waals surface area contributed by atoms with Crippen LogP contribution in [-0.2, 0) is 32.6 Å². The summed E-state index contributed by atoms with van der Waals surface area (Å²) in [6, 6.07) is 18.8. The van der Waals surface area contributed by atoms with Gasteiger partial charge in [-0.15, -0.1) is 0 Å². The molecule has 29 heavy (non-hydrogen) atoms. The zero-order valence-corrected chi connectivity index (χ0v) is 17.8. The minimum Gasteiger partial charge on any atom is -0.336 e. The Bertz CT molecular complexity index is 1100. The van der Waals surface area contributed by atoms with Crippen LogP contribution in [0.25, 0.3) is 0 Å². The summed E-state index contributed by atoms with van der Waals surface area (Å²) < 4.78 is 3.35. The first kappa shape index (κ1) is 18.6. The van der Waals surface area contributed by atoms with Gasteiger partial charge in [0.1, 0.15) is 0 Å². The van der Waals surface area contributed by atoms with E-state index in [1.807, 2.05) is 18.2 Å². The molecule has 148 valence electrons. The lowest BCUT2D eigenvalue weighted by molar-refractivity contribution is 0.239. The van der Waals surface area contributed by atoms with Gasteiger partial charge >= 0.3 is 0 Å². The van der Waals surface area contributed by atoms with Crippen LogP contribution in [0.4, 0.5) is 5.95 Å². The van der Waals surface area contributed by atoms with Crippen LogP contribution in [0.1, 0.15) is 22.4 Å². The molecule has 0 atom stereocenters. The van der Waals surface area contributed by atoms with Gasteiger partial charge in [0.15, 0.2) is 0 Å². The quantitative estimate of drug-likeness (QED) is 0.608. The van der Waals surface area contributed by atoms with E-state index in [9.17, 15) is 4.79 Å². The summed E-state index contributed by atoms with van der Waals surface area (Å²) in [6.45, 7) is 5.08. The Morgan fingerprint density at radius 2 is 1.76 bits per heavy atom. The first-order valence-electron chi connectivity index (χ1n) is 10.1. The zero-order chi connectivity index (χ0) is 19.8. The van der Waals surface area contributed by atoms with E-state index >= 15 is 0 Å². The average Bonchev–Trinajstić information content (AvgIpc) is 3.11. The van der Waals surface area contributed by atoms with Gasteiger partial charge in [0.05, 0.1) is 5.56 Å². The number of hydrogen-bond acceptors (Lipinski definition) is 4. The molecular weight excluding hydrogens is 428 g/mol. The van der Waals surface area contributed by atoms with Gasteiger partial charge < -0.3 is 9.47 Å². The molecule has 3 heterocycles. The SMILES string of the molecule is O=c1nc2n(c3c1CN(Cc1ccccc1)CC3)CCN2Cc1cccc(Br)c1. The largest absolute Gasteiger partial charge is 0.336 e. The number of halogens is 1. The van der Waals surface area contributed by atoms with Gasteiger partial charge in [-0.3, -0.25) is 9.69 Å². The highest BCUT2D eigenvalue weighted by Crippen LogP contribution is 2.27. The highest BCUT2D eigenvalue weighted by Gasteiger charge is 2.29. The van der Waals surface area contributed by atoms with E-state index in [2.05, 4.69) is 71.7 Å². The number of nitrogens with zero attached hydrogens (tertiary/aromatic N) is 4. The highest BCUT2D eigenvalue weighted by molar-refractivity contribution is 9.10. The minimum atomic E-state index is -0.0647. The molecule has 1 aromatic heterocycles. The van der Waals surface area contributed by atoms with Gasteiger partial charge in [0.2, 0.25) is 5.95 Å². The van der Waals surface area contributed by atoms with Gasteiger partial charge in [-0.25, -0.2) is 0 Å². The summed E-state index contributed by atoms with van der Waals surface area (Å²) in [6.07, 6.45) is 0.900. The fourth-order valence-corrected chi connectivity index (χ4v) is 4.86. The van der Waals surface area contributed by atoms with E-state index in [0.717, 1.165) is 55.1 Å². The summed E-state index contributed by atoms with van der Waals surface area (Å²) in [4.78, 5) is 22.0. The summed E-state index contributed by atoms with van der Waals surface area (Å²) in [5, 5.41) is 0. The molecule has 0 bridgehead atoms. The lowest BCUT2D eigenvalue weighted by Gasteiger charge is -2.30. The van der Waals surface area contributed by atoms with Crippen LogP contribution in [0, 0.1) is 0 Å². The molecule has 0 N–H and O–H groups in total. The standard InChI is InChI=1S/C23H23BrN4O/c24-19-8-4-7-18(13-19)15-27-11-12-28-21-9-10-26(14-17-5-2-1-3-6-17)16-20(21)22(29)25-23(27)28/h1-8,13H,9-12,14-16H2. The third-order valence-corrected chi connectivity index (χ3v) is 6.30. The average molecular weight is 451 g/mol. The second kappa shape index (κ2) is 7.76. The van der Waals surface area contributed by atoms with Gasteiger partial charge in [-0.05, 0) is 23.3 Å². The lowest BCUT2D eigenvalue weighted by atomic mass is 10.1. The molecule has 3 aromatic rings. The van der Waals surface area contributed by atoms with Crippen molar-refractivity contribution in [3.05, 3.63) is 91.8 Å². The molecule has 0 saturated carbocycles. The molecule has 5 nitrogen and oxygen atoms in total. The summed E-state index contributed by atoms with van der Waals surface area (Å²) in [5.74, 6) is 0.824. The molecule has 0 radical (unpaired) electrons. The van der Waals surface area contributed by atoms with Crippen LogP contribution in [0.15, 0.2) is 63.9 Å². The Morgan fingerprint density at radius 3 is 2.59 bits per heavy atom. The first-order chi connectivity index (χ1) is 14.2. The monoisotopic (exact) mass is 450 g/mol. The topological polar surface area (TPSA) is 41.4 Å². The third-order valence-electron chi connectivity index (χ3n) is 5.81. The smallest absolute Gasteiger partial charge is 0.279 e. The second-order valence-electron chi connectivity index (χ2n) is 7.79. The van der Waals surface area contributed by atoms with Crippen LogP contribution in [-0.4, -0.2) is 27.5 Å². The molecular formula is C23H23BrN4O. The normalized spacial score (nSPS) is 16.0. The maximum Gasteiger partial charge on any atom is 0.279 e. The first-order valence-corrected chi connectivity index (χ1v) is 10.8. The van der Waals surface area contributed by atoms with Gasteiger partial charge in [-0.2, -0.15) is 4.98 Å². The maximum absolute atomic E-state index is 12.9. The Morgan fingerprint density at radius 1 is 0.931 bits per heavy atom. The molecule has 0 spiro atoms. The van der Waals surface area contributed by atoms with Crippen LogP contribution >= 0.6 is 15.9 Å². The summed E-state index contributed by atoms with van der Waals surface area (Å²) >= 11 is 3.54. The molecule has 2 aliphatic heterocycles. The van der Waals surface area contributed by atoms with Gasteiger partial charge in [-0.1, -0.05) is 58.4 Å². The van der Waals surface area contributed by atoms with Crippen LogP contribution in [0.2, 0.25) is 0 Å². The van der Waals surface area contributed by atoms with Crippen LogP contribution in [0.5, 0.6) is 0 Å². The predicted octanol–water partition coefficient (Wildman–Crippen LogP) is 3.58. The van der Waals surface area contributed by atoms with Crippen LogP contribution in [0.3, 0.4) is 0 Å². The number of anilines is 1. The Kier molecular flexibility index (Phi) is 4.97. The van der Waals surface area contributed by atoms with Crippen molar-refractivity contribution in [2.45, 2.75) is 32.6 Å². The van der Waals surface area contributed by atoms with Crippen molar-refractivity contribution in [1.29, 1.82) is 0 Å². The van der Waals surface area contributed by atoms with E-state index in [1.165, 1.54) is 16.8 Å². The fraction of sp³-hybridized carbons (Fsp3) is 0.304. The van der Waals surface area contributed by atoms with Crippen LogP contribution < -0.4 is 10.5 Å². The maximum atomic E-state index is 12.9. The second-order valence-corrected chi connectivity index (χ2v) is 8.71.